The molecule has 162 valence electrons. The monoisotopic (exact) mass is 549 g/mol. The summed E-state index contributed by atoms with van der Waals surface area (Å²) >= 11 is 21.1. The standard InChI is InChI=1S/C22H15BrCl3N5O/c23-19-11-16(5-10-20(19)26)21(32)29-22(30-27-12-14-1-6-17(24)7-2-14)31-28-13-15-3-8-18(25)9-4-15/h1-13H,(H2,29,30,31,32). The lowest BCUT2D eigenvalue weighted by Gasteiger charge is -2.05. The van der Waals surface area contributed by atoms with Crippen molar-refractivity contribution in [2.24, 2.45) is 15.2 Å². The fourth-order valence-corrected chi connectivity index (χ4v) is 3.05. The van der Waals surface area contributed by atoms with Crippen LogP contribution in [0.4, 0.5) is 0 Å². The van der Waals surface area contributed by atoms with Gasteiger partial charge in [-0.1, -0.05) is 59.1 Å². The molecule has 0 saturated heterocycles. The third-order valence-electron chi connectivity index (χ3n) is 3.89. The molecule has 0 aliphatic carbocycles. The van der Waals surface area contributed by atoms with E-state index in [2.05, 4.69) is 42.0 Å². The van der Waals surface area contributed by atoms with Gasteiger partial charge < -0.3 is 0 Å². The maximum atomic E-state index is 12.6. The maximum Gasteiger partial charge on any atom is 0.280 e. The first kappa shape index (κ1) is 23.9. The molecule has 0 atom stereocenters. The van der Waals surface area contributed by atoms with Crippen LogP contribution in [0.1, 0.15) is 21.5 Å². The van der Waals surface area contributed by atoms with Gasteiger partial charge in [-0.15, -0.1) is 0 Å². The molecule has 0 aromatic heterocycles. The van der Waals surface area contributed by atoms with E-state index < -0.39 is 5.91 Å². The summed E-state index contributed by atoms with van der Waals surface area (Å²) in [6, 6.07) is 18.9. The van der Waals surface area contributed by atoms with Gasteiger partial charge >= 0.3 is 0 Å². The lowest BCUT2D eigenvalue weighted by molar-refractivity contribution is 0.100. The minimum atomic E-state index is -0.513. The van der Waals surface area contributed by atoms with Crippen molar-refractivity contribution in [3.05, 3.63) is 103 Å². The number of hydrazone groups is 2. The number of hydrogen-bond donors (Lipinski definition) is 2. The Hall–Kier alpha value is -2.71. The van der Waals surface area contributed by atoms with Gasteiger partial charge in [-0.3, -0.25) is 4.79 Å². The van der Waals surface area contributed by atoms with E-state index >= 15 is 0 Å². The van der Waals surface area contributed by atoms with Crippen molar-refractivity contribution in [1.82, 2.24) is 10.9 Å². The molecule has 2 N–H and O–H groups in total. The second-order valence-electron chi connectivity index (χ2n) is 6.24. The van der Waals surface area contributed by atoms with Crippen molar-refractivity contribution >= 4 is 75.0 Å². The van der Waals surface area contributed by atoms with E-state index in [1.54, 1.807) is 79.2 Å². The molecule has 0 saturated carbocycles. The average molecular weight is 552 g/mol. The first-order chi connectivity index (χ1) is 15.4. The fraction of sp³-hybridized carbons (Fsp3) is 0. The van der Waals surface area contributed by atoms with E-state index in [4.69, 9.17) is 34.8 Å². The molecular weight excluding hydrogens is 537 g/mol. The van der Waals surface area contributed by atoms with Crippen molar-refractivity contribution in [1.29, 1.82) is 0 Å². The van der Waals surface area contributed by atoms with Crippen LogP contribution in [0.5, 0.6) is 0 Å². The van der Waals surface area contributed by atoms with Gasteiger partial charge in [0.05, 0.1) is 17.5 Å². The van der Waals surface area contributed by atoms with Gasteiger partial charge in [0.15, 0.2) is 0 Å². The third kappa shape index (κ3) is 7.46. The zero-order valence-electron chi connectivity index (χ0n) is 16.3. The van der Waals surface area contributed by atoms with E-state index in [0.29, 0.717) is 25.1 Å². The number of carbonyl (C=O) groups is 1. The summed E-state index contributed by atoms with van der Waals surface area (Å²) in [6.45, 7) is 0. The van der Waals surface area contributed by atoms with Crippen LogP contribution >= 0.6 is 50.7 Å². The van der Waals surface area contributed by atoms with Gasteiger partial charge in [-0.05, 0) is 69.5 Å². The number of guanidine groups is 1. The summed E-state index contributed by atoms with van der Waals surface area (Å²) in [7, 11) is 0. The molecule has 3 aromatic rings. The molecule has 3 aromatic carbocycles. The van der Waals surface area contributed by atoms with Crippen LogP contribution in [-0.4, -0.2) is 24.3 Å². The second kappa shape index (κ2) is 11.8. The van der Waals surface area contributed by atoms with Crippen LogP contribution in [0.15, 0.2) is 86.4 Å². The molecule has 0 unspecified atom stereocenters. The van der Waals surface area contributed by atoms with Crippen molar-refractivity contribution in [2.75, 3.05) is 0 Å². The molecule has 1 amide bonds. The van der Waals surface area contributed by atoms with Gasteiger partial charge in [0.2, 0.25) is 5.96 Å². The Morgan fingerprint density at radius 3 is 1.75 bits per heavy atom. The van der Waals surface area contributed by atoms with Gasteiger partial charge in [-0.2, -0.15) is 15.2 Å². The number of carbonyl (C=O) groups excluding carboxylic acids is 1. The van der Waals surface area contributed by atoms with E-state index in [9.17, 15) is 4.79 Å². The molecule has 3 rings (SSSR count). The van der Waals surface area contributed by atoms with Crippen molar-refractivity contribution in [3.8, 4) is 0 Å². The van der Waals surface area contributed by atoms with Crippen molar-refractivity contribution in [2.45, 2.75) is 0 Å². The molecule has 10 heteroatoms. The van der Waals surface area contributed by atoms with E-state index in [1.165, 1.54) is 0 Å². The number of halogens is 4. The number of hydrogen-bond acceptors (Lipinski definition) is 3. The topological polar surface area (TPSA) is 78.2 Å². The molecule has 0 bridgehead atoms. The SMILES string of the molecule is O=C(N=C(NN=Cc1ccc(Cl)cc1)NN=Cc1ccc(Cl)cc1)c1ccc(Cl)c(Br)c1. The number of amides is 1. The van der Waals surface area contributed by atoms with E-state index in [0.717, 1.165) is 11.1 Å². The summed E-state index contributed by atoms with van der Waals surface area (Å²) in [4.78, 5) is 16.6. The van der Waals surface area contributed by atoms with Crippen LogP contribution in [-0.2, 0) is 0 Å². The molecular formula is C22H15BrCl3N5O. The Kier molecular flexibility index (Phi) is 8.81. The summed E-state index contributed by atoms with van der Waals surface area (Å²) in [5.41, 5.74) is 7.32. The number of rotatable bonds is 5. The van der Waals surface area contributed by atoms with E-state index in [1.807, 2.05) is 0 Å². The highest BCUT2D eigenvalue weighted by molar-refractivity contribution is 9.10. The Morgan fingerprint density at radius 2 is 1.28 bits per heavy atom. The average Bonchev–Trinajstić information content (AvgIpc) is 2.78. The quantitative estimate of drug-likeness (QED) is 0.227. The van der Waals surface area contributed by atoms with Gasteiger partial charge in [0.25, 0.3) is 5.91 Å². The smallest absolute Gasteiger partial charge is 0.267 e. The Bertz CT molecular complexity index is 1120. The zero-order valence-corrected chi connectivity index (χ0v) is 20.1. The van der Waals surface area contributed by atoms with Gasteiger partial charge in [0.1, 0.15) is 0 Å². The van der Waals surface area contributed by atoms with E-state index in [-0.39, 0.29) is 5.96 Å². The minimum absolute atomic E-state index is 0.0245. The first-order valence-corrected chi connectivity index (χ1v) is 11.0. The number of nitrogens with zero attached hydrogens (tertiary/aromatic N) is 3. The van der Waals surface area contributed by atoms with Gasteiger partial charge in [-0.25, -0.2) is 10.9 Å². The normalized spacial score (nSPS) is 11.0. The highest BCUT2D eigenvalue weighted by Gasteiger charge is 2.09. The molecule has 0 aliphatic rings. The third-order valence-corrected chi connectivity index (χ3v) is 5.61. The van der Waals surface area contributed by atoms with Crippen molar-refractivity contribution < 1.29 is 4.79 Å². The largest absolute Gasteiger partial charge is 0.280 e. The molecule has 0 aliphatic heterocycles. The molecule has 0 spiro atoms. The van der Waals surface area contributed by atoms with Crippen LogP contribution in [0.2, 0.25) is 15.1 Å². The molecule has 0 radical (unpaired) electrons. The number of benzene rings is 3. The Labute approximate surface area is 208 Å². The zero-order chi connectivity index (χ0) is 22.9. The molecule has 6 nitrogen and oxygen atoms in total. The van der Waals surface area contributed by atoms with Crippen LogP contribution in [0.25, 0.3) is 0 Å². The number of aliphatic imine (C=N–C) groups is 1. The predicted molar refractivity (Wildman–Crippen MR) is 135 cm³/mol. The van der Waals surface area contributed by atoms with Crippen LogP contribution in [0, 0.1) is 0 Å². The second-order valence-corrected chi connectivity index (χ2v) is 8.37. The van der Waals surface area contributed by atoms with Crippen molar-refractivity contribution in [3.63, 3.8) is 0 Å². The molecule has 32 heavy (non-hydrogen) atoms. The Balaban J connectivity index is 1.77. The summed E-state index contributed by atoms with van der Waals surface area (Å²) in [5, 5.41) is 9.93. The van der Waals surface area contributed by atoms with Crippen LogP contribution < -0.4 is 10.9 Å². The summed E-state index contributed by atoms with van der Waals surface area (Å²) in [6.07, 6.45) is 3.11. The Morgan fingerprint density at radius 1 is 0.781 bits per heavy atom. The summed E-state index contributed by atoms with van der Waals surface area (Å²) < 4.78 is 0.587. The number of nitrogens with one attached hydrogen (secondary N) is 2. The first-order valence-electron chi connectivity index (χ1n) is 9.08. The predicted octanol–water partition coefficient (Wildman–Crippen LogP) is 6.15. The highest BCUT2D eigenvalue weighted by Crippen LogP contribution is 2.23. The van der Waals surface area contributed by atoms with Crippen LogP contribution in [0.3, 0.4) is 0 Å². The molecule has 0 fully saturated rings. The fourth-order valence-electron chi connectivity index (χ4n) is 2.30. The summed E-state index contributed by atoms with van der Waals surface area (Å²) in [5.74, 6) is -0.489. The lowest BCUT2D eigenvalue weighted by Crippen LogP contribution is -2.32. The molecule has 0 heterocycles. The minimum Gasteiger partial charge on any atom is -0.267 e. The van der Waals surface area contributed by atoms with Gasteiger partial charge in [0, 0.05) is 20.1 Å². The maximum absolute atomic E-state index is 12.6. The highest BCUT2D eigenvalue weighted by atomic mass is 79.9. The lowest BCUT2D eigenvalue weighted by atomic mass is 10.2.